The number of phenolic OH excluding ortho intramolecular Hbond substituents is 2. The minimum Gasteiger partial charge on any atom is -0.504 e. The Labute approximate surface area is 127 Å². The zero-order valence-corrected chi connectivity index (χ0v) is 12.6. The predicted octanol–water partition coefficient (Wildman–Crippen LogP) is 4.43. The topological polar surface area (TPSA) is 57.5 Å². The molecule has 3 nitrogen and oxygen atoms in total. The quantitative estimate of drug-likeness (QED) is 0.523. The van der Waals surface area contributed by atoms with Crippen molar-refractivity contribution in [3.63, 3.8) is 0 Å². The molecule has 0 bridgehead atoms. The molecule has 0 radical (unpaired) electrons. The SMILES string of the molecule is CCCCCCCCc1c(O)c(F)c(O)c(C(=O)CF)c1F. The van der Waals surface area contributed by atoms with Crippen molar-refractivity contribution in [2.24, 2.45) is 0 Å². The number of unbranched alkanes of at least 4 members (excludes halogenated alkanes) is 5. The van der Waals surface area contributed by atoms with E-state index < -0.39 is 41.2 Å². The Hall–Kier alpha value is -1.72. The lowest BCUT2D eigenvalue weighted by atomic mass is 9.98. The number of aromatic hydroxyl groups is 2. The Bertz CT molecular complexity index is 530. The van der Waals surface area contributed by atoms with Gasteiger partial charge in [0.2, 0.25) is 11.6 Å². The summed E-state index contributed by atoms with van der Waals surface area (Å²) >= 11 is 0. The molecule has 0 unspecified atom stereocenters. The molecular weight excluding hydrogens is 297 g/mol. The number of carbonyl (C=O) groups excluding carboxylic acids is 1. The highest BCUT2D eigenvalue weighted by atomic mass is 19.1. The first-order valence-electron chi connectivity index (χ1n) is 7.46. The molecule has 0 spiro atoms. The summed E-state index contributed by atoms with van der Waals surface area (Å²) in [5.74, 6) is -6.44. The lowest BCUT2D eigenvalue weighted by Gasteiger charge is -2.12. The van der Waals surface area contributed by atoms with Crippen LogP contribution in [0.5, 0.6) is 11.5 Å². The third-order valence-electron chi connectivity index (χ3n) is 3.60. The van der Waals surface area contributed by atoms with Gasteiger partial charge in [-0.25, -0.2) is 8.78 Å². The van der Waals surface area contributed by atoms with Crippen LogP contribution in [-0.2, 0) is 6.42 Å². The lowest BCUT2D eigenvalue weighted by molar-refractivity contribution is 0.0950. The number of ketones is 1. The first kappa shape index (κ1) is 18.3. The van der Waals surface area contributed by atoms with Crippen molar-refractivity contribution in [3.8, 4) is 11.5 Å². The number of hydrogen-bond acceptors (Lipinski definition) is 3. The van der Waals surface area contributed by atoms with Gasteiger partial charge in [-0.1, -0.05) is 39.0 Å². The molecule has 0 saturated carbocycles. The minimum atomic E-state index is -1.55. The van der Waals surface area contributed by atoms with E-state index >= 15 is 0 Å². The number of halogens is 3. The summed E-state index contributed by atoms with van der Waals surface area (Å²) in [6, 6.07) is 0. The molecule has 0 atom stereocenters. The molecule has 0 aliphatic heterocycles. The van der Waals surface area contributed by atoms with Crippen molar-refractivity contribution in [2.45, 2.75) is 51.9 Å². The standard InChI is InChI=1S/C16H21F3O3/c1-2-3-4-5-6-7-8-10-13(18)12(11(20)9-17)16(22)14(19)15(10)21/h21-22H,2-9H2,1H3. The molecule has 0 aliphatic rings. The van der Waals surface area contributed by atoms with Gasteiger partial charge in [-0.15, -0.1) is 0 Å². The normalized spacial score (nSPS) is 10.9. The van der Waals surface area contributed by atoms with Gasteiger partial charge in [-0.2, -0.15) is 4.39 Å². The van der Waals surface area contributed by atoms with E-state index in [0.29, 0.717) is 6.42 Å². The summed E-state index contributed by atoms with van der Waals surface area (Å²) in [4.78, 5) is 11.3. The van der Waals surface area contributed by atoms with Crippen molar-refractivity contribution >= 4 is 5.78 Å². The molecule has 1 aromatic rings. The van der Waals surface area contributed by atoms with Gasteiger partial charge in [-0.05, 0) is 12.8 Å². The van der Waals surface area contributed by atoms with E-state index in [9.17, 15) is 28.2 Å². The van der Waals surface area contributed by atoms with E-state index in [0.717, 1.165) is 32.1 Å². The second kappa shape index (κ2) is 8.66. The number of Topliss-reactive ketones (excluding diaryl/α,β-unsaturated/α-hetero) is 1. The molecule has 0 heterocycles. The van der Waals surface area contributed by atoms with E-state index in [2.05, 4.69) is 6.92 Å². The van der Waals surface area contributed by atoms with Crippen LogP contribution >= 0.6 is 0 Å². The molecule has 0 saturated heterocycles. The molecule has 0 aromatic heterocycles. The van der Waals surface area contributed by atoms with E-state index in [1.165, 1.54) is 0 Å². The number of phenols is 2. The zero-order valence-electron chi connectivity index (χ0n) is 12.6. The third kappa shape index (κ3) is 4.15. The number of carbonyl (C=O) groups is 1. The lowest BCUT2D eigenvalue weighted by Crippen LogP contribution is -2.09. The number of alkyl halides is 1. The second-order valence-electron chi connectivity index (χ2n) is 5.25. The molecule has 22 heavy (non-hydrogen) atoms. The van der Waals surface area contributed by atoms with Crippen molar-refractivity contribution in [1.29, 1.82) is 0 Å². The van der Waals surface area contributed by atoms with Gasteiger partial charge < -0.3 is 10.2 Å². The van der Waals surface area contributed by atoms with E-state index in [1.807, 2.05) is 0 Å². The fourth-order valence-corrected chi connectivity index (χ4v) is 2.34. The van der Waals surface area contributed by atoms with Gasteiger partial charge >= 0.3 is 0 Å². The maximum absolute atomic E-state index is 14.2. The summed E-state index contributed by atoms with van der Waals surface area (Å²) in [5, 5.41) is 19.0. The van der Waals surface area contributed by atoms with Crippen LogP contribution < -0.4 is 0 Å². The fraction of sp³-hybridized carbons (Fsp3) is 0.562. The second-order valence-corrected chi connectivity index (χ2v) is 5.25. The maximum Gasteiger partial charge on any atom is 0.207 e. The smallest absolute Gasteiger partial charge is 0.207 e. The Morgan fingerprint density at radius 2 is 1.55 bits per heavy atom. The van der Waals surface area contributed by atoms with Crippen LogP contribution in [0, 0.1) is 11.6 Å². The van der Waals surface area contributed by atoms with Crippen LogP contribution in [0.2, 0.25) is 0 Å². The van der Waals surface area contributed by atoms with Gasteiger partial charge in [0.15, 0.2) is 18.2 Å². The molecule has 0 amide bonds. The van der Waals surface area contributed by atoms with Crippen LogP contribution in [0.15, 0.2) is 0 Å². The van der Waals surface area contributed by atoms with Crippen LogP contribution in [0.4, 0.5) is 13.2 Å². The molecule has 0 aliphatic carbocycles. The van der Waals surface area contributed by atoms with Crippen molar-refractivity contribution in [2.75, 3.05) is 6.67 Å². The van der Waals surface area contributed by atoms with Crippen LogP contribution in [0.3, 0.4) is 0 Å². The molecule has 1 aromatic carbocycles. The highest BCUT2D eigenvalue weighted by molar-refractivity contribution is 6.00. The highest BCUT2D eigenvalue weighted by Crippen LogP contribution is 2.36. The van der Waals surface area contributed by atoms with Crippen LogP contribution in [0.1, 0.15) is 61.4 Å². The Morgan fingerprint density at radius 1 is 0.955 bits per heavy atom. The molecule has 0 fully saturated rings. The number of rotatable bonds is 9. The first-order valence-corrected chi connectivity index (χ1v) is 7.46. The Balaban J connectivity index is 2.90. The van der Waals surface area contributed by atoms with E-state index in [4.69, 9.17) is 0 Å². The number of hydrogen-bond donors (Lipinski definition) is 2. The maximum atomic E-state index is 14.2. The number of benzene rings is 1. The monoisotopic (exact) mass is 318 g/mol. The average Bonchev–Trinajstić information content (AvgIpc) is 2.51. The molecule has 2 N–H and O–H groups in total. The molecule has 1 rings (SSSR count). The van der Waals surface area contributed by atoms with Crippen molar-refractivity contribution in [1.82, 2.24) is 0 Å². The van der Waals surface area contributed by atoms with Crippen molar-refractivity contribution < 1.29 is 28.2 Å². The largest absolute Gasteiger partial charge is 0.504 e. The average molecular weight is 318 g/mol. The van der Waals surface area contributed by atoms with Gasteiger partial charge in [0.05, 0.1) is 0 Å². The van der Waals surface area contributed by atoms with Crippen LogP contribution in [0.25, 0.3) is 0 Å². The van der Waals surface area contributed by atoms with Gasteiger partial charge in [0, 0.05) is 5.56 Å². The zero-order chi connectivity index (χ0) is 16.7. The molecule has 6 heteroatoms. The summed E-state index contributed by atoms with van der Waals surface area (Å²) < 4.78 is 40.2. The van der Waals surface area contributed by atoms with Gasteiger partial charge in [0.1, 0.15) is 11.4 Å². The van der Waals surface area contributed by atoms with Crippen LogP contribution in [-0.4, -0.2) is 22.7 Å². The fourth-order valence-electron chi connectivity index (χ4n) is 2.34. The minimum absolute atomic E-state index is 0.0214. The third-order valence-corrected chi connectivity index (χ3v) is 3.60. The first-order chi connectivity index (χ1) is 10.5. The van der Waals surface area contributed by atoms with E-state index in [-0.39, 0.29) is 12.0 Å². The molecular formula is C16H21F3O3. The van der Waals surface area contributed by atoms with Gasteiger partial charge in [-0.3, -0.25) is 4.79 Å². The summed E-state index contributed by atoms with van der Waals surface area (Å²) in [6.07, 6.45) is 5.46. The molecule has 124 valence electrons. The summed E-state index contributed by atoms with van der Waals surface area (Å²) in [6.45, 7) is 0.529. The van der Waals surface area contributed by atoms with Crippen molar-refractivity contribution in [3.05, 3.63) is 22.8 Å². The summed E-state index contributed by atoms with van der Waals surface area (Å²) in [5.41, 5.74) is -1.42. The predicted molar refractivity (Wildman–Crippen MR) is 77.1 cm³/mol. The Kier molecular flexibility index (Phi) is 7.21. The Morgan fingerprint density at radius 3 is 2.14 bits per heavy atom. The summed E-state index contributed by atoms with van der Waals surface area (Å²) in [7, 11) is 0. The van der Waals surface area contributed by atoms with Gasteiger partial charge in [0.25, 0.3) is 0 Å². The highest BCUT2D eigenvalue weighted by Gasteiger charge is 2.27. The van der Waals surface area contributed by atoms with E-state index in [1.54, 1.807) is 0 Å².